The number of carbonyl (C=O) groups excluding carboxylic acids is 2. The maximum Gasteiger partial charge on any atom is 0.234 e. The second-order valence-corrected chi connectivity index (χ2v) is 7.72. The minimum Gasteiger partial charge on any atom is -0.493 e. The Morgan fingerprint density at radius 1 is 1.07 bits per heavy atom. The summed E-state index contributed by atoms with van der Waals surface area (Å²) in [5.41, 5.74) is 2.82. The van der Waals surface area contributed by atoms with Crippen LogP contribution in [0, 0.1) is 6.92 Å². The number of carbonyl (C=O) groups is 2. The maximum atomic E-state index is 12.6. The number of nitrogens with zero attached hydrogens (tertiary/aromatic N) is 1. The molecule has 0 atom stereocenters. The predicted octanol–water partition coefficient (Wildman–Crippen LogP) is 4.12. The highest BCUT2D eigenvalue weighted by Gasteiger charge is 2.15. The fourth-order valence-corrected chi connectivity index (χ4v) is 3.64. The van der Waals surface area contributed by atoms with Crippen molar-refractivity contribution in [2.45, 2.75) is 27.3 Å². The van der Waals surface area contributed by atoms with Gasteiger partial charge in [-0.3, -0.25) is 9.59 Å². The molecule has 2 amide bonds. The summed E-state index contributed by atoms with van der Waals surface area (Å²) in [5, 5.41) is 2.86. The molecule has 6 nitrogen and oxygen atoms in total. The molecule has 0 unspecified atom stereocenters. The van der Waals surface area contributed by atoms with Gasteiger partial charge in [-0.15, -0.1) is 11.8 Å². The van der Waals surface area contributed by atoms with E-state index in [1.165, 1.54) is 11.8 Å². The molecule has 0 aliphatic carbocycles. The molecule has 162 valence electrons. The highest BCUT2D eigenvalue weighted by Crippen LogP contribution is 2.28. The van der Waals surface area contributed by atoms with Gasteiger partial charge in [0, 0.05) is 18.8 Å². The highest BCUT2D eigenvalue weighted by molar-refractivity contribution is 8.00. The molecule has 2 aromatic rings. The molecule has 1 N–H and O–H groups in total. The van der Waals surface area contributed by atoms with Crippen molar-refractivity contribution in [1.29, 1.82) is 0 Å². The Morgan fingerprint density at radius 3 is 2.53 bits per heavy atom. The van der Waals surface area contributed by atoms with Gasteiger partial charge < -0.3 is 19.7 Å². The zero-order valence-electron chi connectivity index (χ0n) is 18.1. The molecule has 0 fully saturated rings. The third kappa shape index (κ3) is 7.30. The molecular weight excluding hydrogens is 400 g/mol. The number of hydrogen-bond donors (Lipinski definition) is 1. The molecule has 0 saturated heterocycles. The molecule has 2 aromatic carbocycles. The average Bonchev–Trinajstić information content (AvgIpc) is 2.72. The van der Waals surface area contributed by atoms with Crippen LogP contribution in [0.4, 0.5) is 5.69 Å². The first-order valence-electron chi connectivity index (χ1n) is 9.98. The van der Waals surface area contributed by atoms with Crippen molar-refractivity contribution < 1.29 is 19.1 Å². The average molecular weight is 431 g/mol. The summed E-state index contributed by atoms with van der Waals surface area (Å²) >= 11 is 1.32. The van der Waals surface area contributed by atoms with E-state index < -0.39 is 0 Å². The van der Waals surface area contributed by atoms with Crippen LogP contribution >= 0.6 is 11.8 Å². The van der Waals surface area contributed by atoms with Crippen molar-refractivity contribution in [1.82, 2.24) is 4.90 Å². The van der Waals surface area contributed by atoms with Crippen molar-refractivity contribution in [3.05, 3.63) is 53.6 Å². The van der Waals surface area contributed by atoms with Gasteiger partial charge in [-0.25, -0.2) is 0 Å². The van der Waals surface area contributed by atoms with Crippen LogP contribution in [-0.2, 0) is 16.1 Å². The van der Waals surface area contributed by atoms with Crippen LogP contribution in [0.1, 0.15) is 25.0 Å². The number of thioether (sulfide) groups is 1. The first-order valence-corrected chi connectivity index (χ1v) is 11.1. The third-order valence-corrected chi connectivity index (χ3v) is 5.31. The summed E-state index contributed by atoms with van der Waals surface area (Å²) in [6.07, 6.45) is 0. The molecule has 0 bridgehead atoms. The molecule has 7 heteroatoms. The fraction of sp³-hybridized carbons (Fsp3) is 0.391. The Balaban J connectivity index is 1.85. The van der Waals surface area contributed by atoms with E-state index >= 15 is 0 Å². The molecule has 30 heavy (non-hydrogen) atoms. The largest absolute Gasteiger partial charge is 0.493 e. The zero-order valence-corrected chi connectivity index (χ0v) is 18.9. The third-order valence-electron chi connectivity index (χ3n) is 4.40. The summed E-state index contributed by atoms with van der Waals surface area (Å²) in [7, 11) is 1.60. The van der Waals surface area contributed by atoms with Crippen molar-refractivity contribution in [2.24, 2.45) is 0 Å². The van der Waals surface area contributed by atoms with Gasteiger partial charge in [0.15, 0.2) is 11.5 Å². The van der Waals surface area contributed by atoms with Crippen LogP contribution in [0.2, 0.25) is 0 Å². The molecule has 0 radical (unpaired) electrons. The monoisotopic (exact) mass is 430 g/mol. The summed E-state index contributed by atoms with van der Waals surface area (Å²) in [5.74, 6) is 1.71. The van der Waals surface area contributed by atoms with Gasteiger partial charge >= 0.3 is 0 Å². The van der Waals surface area contributed by atoms with E-state index in [0.29, 0.717) is 31.2 Å². The molecule has 0 aromatic heterocycles. The van der Waals surface area contributed by atoms with E-state index in [1.54, 1.807) is 12.0 Å². The molecule has 0 aliphatic rings. The Hall–Kier alpha value is -2.67. The lowest BCUT2D eigenvalue weighted by atomic mass is 10.2. The number of rotatable bonds is 11. The van der Waals surface area contributed by atoms with E-state index in [1.807, 2.05) is 63.2 Å². The van der Waals surface area contributed by atoms with Gasteiger partial charge in [-0.1, -0.05) is 18.2 Å². The van der Waals surface area contributed by atoms with Gasteiger partial charge in [0.25, 0.3) is 0 Å². The lowest BCUT2D eigenvalue weighted by Gasteiger charge is -2.21. The lowest BCUT2D eigenvalue weighted by molar-refractivity contribution is -0.128. The number of amides is 2. The summed E-state index contributed by atoms with van der Waals surface area (Å²) < 4.78 is 10.9. The first kappa shape index (κ1) is 23.6. The predicted molar refractivity (Wildman–Crippen MR) is 122 cm³/mol. The van der Waals surface area contributed by atoms with E-state index in [-0.39, 0.29) is 23.3 Å². The summed E-state index contributed by atoms with van der Waals surface area (Å²) in [6, 6.07) is 13.3. The molecule has 2 rings (SSSR count). The number of anilines is 1. The van der Waals surface area contributed by atoms with E-state index in [9.17, 15) is 9.59 Å². The summed E-state index contributed by atoms with van der Waals surface area (Å²) in [4.78, 5) is 26.5. The van der Waals surface area contributed by atoms with Gasteiger partial charge in [0.1, 0.15) is 0 Å². The summed E-state index contributed by atoms with van der Waals surface area (Å²) in [6.45, 7) is 7.47. The van der Waals surface area contributed by atoms with Crippen LogP contribution < -0.4 is 14.8 Å². The minimum absolute atomic E-state index is 0.00120. The number of aryl methyl sites for hydroxylation is 1. The van der Waals surface area contributed by atoms with Crippen LogP contribution in [0.15, 0.2) is 42.5 Å². The quantitative estimate of drug-likeness (QED) is 0.581. The van der Waals surface area contributed by atoms with Crippen LogP contribution in [0.5, 0.6) is 11.5 Å². The Kier molecular flexibility index (Phi) is 9.54. The van der Waals surface area contributed by atoms with Crippen molar-refractivity contribution in [3.63, 3.8) is 0 Å². The topological polar surface area (TPSA) is 67.9 Å². The minimum atomic E-state index is -0.113. The molecule has 0 heterocycles. The van der Waals surface area contributed by atoms with Crippen molar-refractivity contribution >= 4 is 29.3 Å². The number of benzene rings is 2. The number of hydrogen-bond acceptors (Lipinski definition) is 5. The van der Waals surface area contributed by atoms with Crippen LogP contribution in [0.25, 0.3) is 0 Å². The van der Waals surface area contributed by atoms with Crippen molar-refractivity contribution in [2.75, 3.05) is 37.1 Å². The second kappa shape index (κ2) is 12.1. The fourth-order valence-electron chi connectivity index (χ4n) is 2.92. The Labute approximate surface area is 182 Å². The molecule has 0 spiro atoms. The number of methoxy groups -OCH3 is 1. The SMILES string of the molecule is CCOc1ccc(CN(CC)C(=O)CSCC(=O)Nc2cccc(C)c2)cc1OC. The molecule has 0 saturated carbocycles. The van der Waals surface area contributed by atoms with E-state index in [0.717, 1.165) is 16.8 Å². The van der Waals surface area contributed by atoms with Gasteiger partial charge in [0.05, 0.1) is 25.2 Å². The highest BCUT2D eigenvalue weighted by atomic mass is 32.2. The lowest BCUT2D eigenvalue weighted by Crippen LogP contribution is -2.32. The first-order chi connectivity index (χ1) is 14.5. The zero-order chi connectivity index (χ0) is 21.9. The van der Waals surface area contributed by atoms with Gasteiger partial charge in [-0.2, -0.15) is 0 Å². The second-order valence-electron chi connectivity index (χ2n) is 6.74. The molecule has 0 aliphatic heterocycles. The standard InChI is InChI=1S/C23H30N2O4S/c1-5-25(14-18-10-11-20(29-6-2)21(13-18)28-4)23(27)16-30-15-22(26)24-19-9-7-8-17(3)12-19/h7-13H,5-6,14-16H2,1-4H3,(H,24,26). The number of nitrogens with one attached hydrogen (secondary N) is 1. The smallest absolute Gasteiger partial charge is 0.234 e. The number of ether oxygens (including phenoxy) is 2. The van der Waals surface area contributed by atoms with Crippen LogP contribution in [-0.4, -0.2) is 48.5 Å². The Bertz CT molecular complexity index is 857. The normalized spacial score (nSPS) is 10.4. The van der Waals surface area contributed by atoms with E-state index in [2.05, 4.69) is 5.32 Å². The van der Waals surface area contributed by atoms with Gasteiger partial charge in [0.2, 0.25) is 11.8 Å². The van der Waals surface area contributed by atoms with Crippen molar-refractivity contribution in [3.8, 4) is 11.5 Å². The van der Waals surface area contributed by atoms with Gasteiger partial charge in [-0.05, 0) is 56.2 Å². The maximum absolute atomic E-state index is 12.6. The van der Waals surface area contributed by atoms with Crippen LogP contribution in [0.3, 0.4) is 0 Å². The molecular formula is C23H30N2O4S. The Morgan fingerprint density at radius 2 is 1.87 bits per heavy atom. The van der Waals surface area contributed by atoms with E-state index in [4.69, 9.17) is 9.47 Å².